The smallest absolute Gasteiger partial charge is 0.258 e. The van der Waals surface area contributed by atoms with Gasteiger partial charge >= 0.3 is 0 Å². The van der Waals surface area contributed by atoms with Crippen LogP contribution in [0.15, 0.2) is 24.3 Å². The number of hydrogen-bond donors (Lipinski definition) is 2. The van der Waals surface area contributed by atoms with E-state index >= 15 is 0 Å². The molecule has 0 aromatic heterocycles. The number of amides is 2. The maximum Gasteiger partial charge on any atom is 0.258 e. The molecule has 2 amide bonds. The molecule has 19 heavy (non-hydrogen) atoms. The van der Waals surface area contributed by atoms with Crippen molar-refractivity contribution in [3.05, 3.63) is 24.3 Å². The minimum absolute atomic E-state index is 0.0685. The molecule has 0 aliphatic carbocycles. The van der Waals surface area contributed by atoms with Crippen LogP contribution >= 0.6 is 0 Å². The highest BCUT2D eigenvalue weighted by Crippen LogP contribution is 2.23. The first kappa shape index (κ1) is 15.0. The molecule has 104 valence electrons. The topological polar surface area (TPSA) is 67.4 Å². The zero-order valence-electron chi connectivity index (χ0n) is 11.5. The lowest BCUT2D eigenvalue weighted by atomic mass is 10.2. The molecule has 1 atom stereocenters. The molecule has 0 aliphatic rings. The summed E-state index contributed by atoms with van der Waals surface area (Å²) in [5.41, 5.74) is 0.561. The molecule has 5 heteroatoms. The van der Waals surface area contributed by atoms with E-state index in [4.69, 9.17) is 4.74 Å². The second kappa shape index (κ2) is 7.41. The highest BCUT2D eigenvalue weighted by molar-refractivity contribution is 5.90. The fourth-order valence-electron chi connectivity index (χ4n) is 1.45. The van der Waals surface area contributed by atoms with Crippen molar-refractivity contribution in [2.75, 3.05) is 11.9 Å². The summed E-state index contributed by atoms with van der Waals surface area (Å²) in [6, 6.07) is 7.14. The average molecular weight is 264 g/mol. The molecule has 0 fully saturated rings. The predicted octanol–water partition coefficient (Wildman–Crippen LogP) is 1.94. The third-order valence-corrected chi connectivity index (χ3v) is 2.58. The van der Waals surface area contributed by atoms with E-state index in [-0.39, 0.29) is 24.5 Å². The van der Waals surface area contributed by atoms with E-state index in [1.165, 1.54) is 6.92 Å². The second-order valence-electron chi connectivity index (χ2n) is 4.34. The fraction of sp³-hybridized carbons (Fsp3) is 0.429. The van der Waals surface area contributed by atoms with Gasteiger partial charge in [-0.05, 0) is 25.5 Å². The highest BCUT2D eigenvalue weighted by Gasteiger charge is 2.09. The monoisotopic (exact) mass is 264 g/mol. The van der Waals surface area contributed by atoms with Crippen molar-refractivity contribution in [1.82, 2.24) is 5.32 Å². The lowest BCUT2D eigenvalue weighted by Crippen LogP contribution is -2.35. The summed E-state index contributed by atoms with van der Waals surface area (Å²) in [6.45, 7) is 5.29. The van der Waals surface area contributed by atoms with Gasteiger partial charge in [0.2, 0.25) is 5.91 Å². The largest absolute Gasteiger partial charge is 0.482 e. The van der Waals surface area contributed by atoms with Crippen molar-refractivity contribution in [3.8, 4) is 5.75 Å². The summed E-state index contributed by atoms with van der Waals surface area (Å²) in [5.74, 6) is 0.129. The van der Waals surface area contributed by atoms with Gasteiger partial charge in [-0.3, -0.25) is 9.59 Å². The van der Waals surface area contributed by atoms with Gasteiger partial charge in [0.05, 0.1) is 5.69 Å². The zero-order chi connectivity index (χ0) is 14.3. The molecular weight excluding hydrogens is 244 g/mol. The van der Waals surface area contributed by atoms with Crippen molar-refractivity contribution >= 4 is 17.5 Å². The third kappa shape index (κ3) is 5.42. The molecule has 1 rings (SSSR count). The van der Waals surface area contributed by atoms with Gasteiger partial charge < -0.3 is 15.4 Å². The van der Waals surface area contributed by atoms with Crippen LogP contribution in [0.2, 0.25) is 0 Å². The van der Waals surface area contributed by atoms with Crippen LogP contribution in [0.4, 0.5) is 5.69 Å². The van der Waals surface area contributed by atoms with E-state index in [1.54, 1.807) is 24.3 Å². The third-order valence-electron chi connectivity index (χ3n) is 2.58. The van der Waals surface area contributed by atoms with E-state index < -0.39 is 0 Å². The lowest BCUT2D eigenvalue weighted by molar-refractivity contribution is -0.123. The number of ether oxygens (including phenoxy) is 1. The fourth-order valence-corrected chi connectivity index (χ4v) is 1.45. The first-order valence-electron chi connectivity index (χ1n) is 6.31. The van der Waals surface area contributed by atoms with Gasteiger partial charge in [0.15, 0.2) is 6.61 Å². The number of benzene rings is 1. The Hall–Kier alpha value is -2.04. The molecular formula is C14H20N2O3. The highest BCUT2D eigenvalue weighted by atomic mass is 16.5. The molecule has 0 radical (unpaired) electrons. The second-order valence-corrected chi connectivity index (χ2v) is 4.34. The van der Waals surface area contributed by atoms with Gasteiger partial charge in [-0.1, -0.05) is 19.1 Å². The van der Waals surface area contributed by atoms with Crippen molar-refractivity contribution in [2.24, 2.45) is 0 Å². The molecule has 0 spiro atoms. The molecule has 1 aromatic carbocycles. The summed E-state index contributed by atoms with van der Waals surface area (Å²) in [6.07, 6.45) is 0.869. The number of hydrogen-bond acceptors (Lipinski definition) is 3. The maximum absolute atomic E-state index is 11.6. The quantitative estimate of drug-likeness (QED) is 0.825. The summed E-state index contributed by atoms with van der Waals surface area (Å²) in [5, 5.41) is 5.46. The molecule has 0 saturated heterocycles. The van der Waals surface area contributed by atoms with Crippen molar-refractivity contribution in [2.45, 2.75) is 33.2 Å². The van der Waals surface area contributed by atoms with Gasteiger partial charge in [-0.15, -0.1) is 0 Å². The summed E-state index contributed by atoms with van der Waals surface area (Å²) >= 11 is 0. The molecule has 0 bridgehead atoms. The lowest BCUT2D eigenvalue weighted by Gasteiger charge is -2.14. The molecule has 5 nitrogen and oxygen atoms in total. The molecule has 0 unspecified atom stereocenters. The van der Waals surface area contributed by atoms with E-state index in [9.17, 15) is 9.59 Å². The Bertz CT molecular complexity index is 446. The van der Waals surface area contributed by atoms with E-state index in [1.807, 2.05) is 13.8 Å². The van der Waals surface area contributed by atoms with Gasteiger partial charge in [0, 0.05) is 13.0 Å². The van der Waals surface area contributed by atoms with Gasteiger partial charge in [0.25, 0.3) is 5.91 Å². The summed E-state index contributed by atoms with van der Waals surface area (Å²) in [4.78, 5) is 22.6. The van der Waals surface area contributed by atoms with Crippen LogP contribution in [0.5, 0.6) is 5.75 Å². The van der Waals surface area contributed by atoms with Crippen LogP contribution in [0.25, 0.3) is 0 Å². The van der Waals surface area contributed by atoms with Crippen LogP contribution in [-0.4, -0.2) is 24.5 Å². The van der Waals surface area contributed by atoms with Crippen LogP contribution < -0.4 is 15.4 Å². The van der Waals surface area contributed by atoms with Crippen LogP contribution in [0.3, 0.4) is 0 Å². The minimum atomic E-state index is -0.180. The van der Waals surface area contributed by atoms with Crippen molar-refractivity contribution in [3.63, 3.8) is 0 Å². The Labute approximate surface area is 113 Å². The molecule has 1 aromatic rings. The zero-order valence-corrected chi connectivity index (χ0v) is 11.5. The first-order chi connectivity index (χ1) is 9.02. The molecule has 0 saturated carbocycles. The van der Waals surface area contributed by atoms with Gasteiger partial charge in [-0.25, -0.2) is 0 Å². The molecule has 0 aliphatic heterocycles. The minimum Gasteiger partial charge on any atom is -0.482 e. The van der Waals surface area contributed by atoms with Crippen LogP contribution in [0, 0.1) is 0 Å². The maximum atomic E-state index is 11.6. The van der Waals surface area contributed by atoms with Crippen molar-refractivity contribution < 1.29 is 14.3 Å². The van der Waals surface area contributed by atoms with E-state index in [0.29, 0.717) is 11.4 Å². The Morgan fingerprint density at radius 3 is 2.63 bits per heavy atom. The molecule has 0 heterocycles. The standard InChI is InChI=1S/C14H20N2O3/c1-4-10(2)15-14(18)9-19-13-8-6-5-7-12(13)16-11(3)17/h5-8,10H,4,9H2,1-3H3,(H,15,18)(H,16,17)/t10-/m0/s1. The molecule has 2 N–H and O–H groups in total. The normalized spacial score (nSPS) is 11.5. The Kier molecular flexibility index (Phi) is 5.85. The number of anilines is 1. The summed E-state index contributed by atoms with van der Waals surface area (Å²) < 4.78 is 5.42. The Balaban J connectivity index is 2.57. The Morgan fingerprint density at radius 2 is 2.00 bits per heavy atom. The summed E-state index contributed by atoms with van der Waals surface area (Å²) in [7, 11) is 0. The number of rotatable bonds is 6. The van der Waals surface area contributed by atoms with Gasteiger partial charge in [-0.2, -0.15) is 0 Å². The van der Waals surface area contributed by atoms with E-state index in [0.717, 1.165) is 6.42 Å². The van der Waals surface area contributed by atoms with Crippen LogP contribution in [-0.2, 0) is 9.59 Å². The number of carbonyl (C=O) groups is 2. The van der Waals surface area contributed by atoms with E-state index in [2.05, 4.69) is 10.6 Å². The van der Waals surface area contributed by atoms with Gasteiger partial charge in [0.1, 0.15) is 5.75 Å². The first-order valence-corrected chi connectivity index (χ1v) is 6.31. The number of carbonyl (C=O) groups excluding carboxylic acids is 2. The Morgan fingerprint density at radius 1 is 1.32 bits per heavy atom. The average Bonchev–Trinajstić information content (AvgIpc) is 2.37. The number of para-hydroxylation sites is 2. The van der Waals surface area contributed by atoms with Crippen molar-refractivity contribution in [1.29, 1.82) is 0 Å². The number of nitrogens with one attached hydrogen (secondary N) is 2. The predicted molar refractivity (Wildman–Crippen MR) is 74.1 cm³/mol. The van der Waals surface area contributed by atoms with Crippen LogP contribution in [0.1, 0.15) is 27.2 Å². The SMILES string of the molecule is CC[C@H](C)NC(=O)COc1ccccc1NC(C)=O.